The molecule has 0 bridgehead atoms. The maximum Gasteiger partial charge on any atom is 0.215 e. The molecule has 2 aromatic rings. The van der Waals surface area contributed by atoms with E-state index in [2.05, 4.69) is 9.44 Å². The Balaban J connectivity index is 1.29. The van der Waals surface area contributed by atoms with Gasteiger partial charge in [0.05, 0.1) is 21.6 Å². The minimum atomic E-state index is -3.57. The van der Waals surface area contributed by atoms with Crippen molar-refractivity contribution in [1.29, 1.82) is 0 Å². The van der Waals surface area contributed by atoms with Gasteiger partial charge in [-0.05, 0) is 78.4 Å². The first-order valence-electron chi connectivity index (χ1n) is 19.6. The lowest BCUT2D eigenvalue weighted by Gasteiger charge is -2.38. The number of hydrogen-bond donors (Lipinski definition) is 2. The molecule has 5 aliphatic carbocycles. The van der Waals surface area contributed by atoms with Crippen LogP contribution in [0.25, 0.3) is 0 Å². The Bertz CT molecular complexity index is 2050. The molecular formula is C44H54N2O6S2. The molecule has 0 aromatic heterocycles. The monoisotopic (exact) mass is 770 g/mol. The van der Waals surface area contributed by atoms with Crippen molar-refractivity contribution in [2.75, 3.05) is 0 Å². The van der Waals surface area contributed by atoms with E-state index in [1.54, 1.807) is 24.3 Å². The molecular weight excluding hydrogens is 717 g/mol. The molecule has 0 saturated heterocycles. The smallest absolute Gasteiger partial charge is 0.215 e. The van der Waals surface area contributed by atoms with Crippen LogP contribution >= 0.6 is 0 Å². The van der Waals surface area contributed by atoms with Gasteiger partial charge in [-0.2, -0.15) is 0 Å². The van der Waals surface area contributed by atoms with Gasteiger partial charge in [-0.15, -0.1) is 0 Å². The molecule has 10 heteroatoms. The summed E-state index contributed by atoms with van der Waals surface area (Å²) in [5.41, 5.74) is 4.60. The van der Waals surface area contributed by atoms with Gasteiger partial charge in [0.2, 0.25) is 20.0 Å². The van der Waals surface area contributed by atoms with Crippen molar-refractivity contribution in [1.82, 2.24) is 9.44 Å². The highest BCUT2D eigenvalue weighted by Crippen LogP contribution is 2.47. The van der Waals surface area contributed by atoms with Crippen LogP contribution in [0.5, 0.6) is 0 Å². The average Bonchev–Trinajstić information content (AvgIpc) is 3.10. The third-order valence-corrected chi connectivity index (χ3v) is 16.5. The summed E-state index contributed by atoms with van der Waals surface area (Å²) in [4.78, 5) is 29.3. The fourth-order valence-electron chi connectivity index (χ4n) is 10.4. The summed E-state index contributed by atoms with van der Waals surface area (Å²) in [7, 11) is -7.15. The second kappa shape index (κ2) is 14.3. The van der Waals surface area contributed by atoms with E-state index in [0.29, 0.717) is 59.1 Å². The summed E-state index contributed by atoms with van der Waals surface area (Å²) in [6.07, 6.45) is 16.2. The highest BCUT2D eigenvalue weighted by Gasteiger charge is 2.42. The molecule has 0 amide bonds. The molecule has 0 unspecified atom stereocenters. The number of carbonyl (C=O) groups excluding carboxylic acids is 2. The molecule has 8 nitrogen and oxygen atoms in total. The maximum atomic E-state index is 14.6. The Labute approximate surface area is 321 Å². The molecule has 2 fully saturated rings. The molecule has 0 atom stereocenters. The first-order chi connectivity index (χ1) is 25.4. The molecule has 2 saturated carbocycles. The van der Waals surface area contributed by atoms with E-state index in [1.807, 2.05) is 78.0 Å². The second-order valence-corrected chi connectivity index (χ2v) is 20.9. The van der Waals surface area contributed by atoms with Crippen LogP contribution in [0.15, 0.2) is 83.0 Å². The lowest BCUT2D eigenvalue weighted by molar-refractivity contribution is 0.0977. The highest BCUT2D eigenvalue weighted by atomic mass is 32.2. The van der Waals surface area contributed by atoms with Gasteiger partial charge in [-0.3, -0.25) is 9.59 Å². The number of carbonyl (C=O) groups is 2. The van der Waals surface area contributed by atoms with Gasteiger partial charge in [-0.25, -0.2) is 26.3 Å². The SMILES string of the molecule is CC1=CC(C)(NS(=O)(=O)C2CCCCC2)C=C(C)C1c1ccc(C2C(C)=CC(C)(NS(=O)(=O)C3CCCCC3)C=C2C)c2c1C(=O)c1ccccc1C2=O. The summed E-state index contributed by atoms with van der Waals surface area (Å²) in [6, 6.07) is 10.9. The van der Waals surface area contributed by atoms with Crippen molar-refractivity contribution in [2.45, 2.75) is 139 Å². The summed E-state index contributed by atoms with van der Waals surface area (Å²) < 4.78 is 60.2. The Morgan fingerprint density at radius 2 is 0.833 bits per heavy atom. The number of sulfonamides is 2. The minimum Gasteiger partial charge on any atom is -0.289 e. The molecule has 5 aliphatic rings. The molecule has 0 spiro atoms. The number of benzene rings is 2. The molecule has 0 radical (unpaired) electrons. The topological polar surface area (TPSA) is 126 Å². The van der Waals surface area contributed by atoms with Crippen molar-refractivity contribution < 1.29 is 26.4 Å². The normalized spacial score (nSPS) is 28.4. The number of hydrogen-bond acceptors (Lipinski definition) is 6. The zero-order valence-corrected chi connectivity index (χ0v) is 34.1. The van der Waals surface area contributed by atoms with Crippen LogP contribution in [0.1, 0.15) is 161 Å². The fraction of sp³-hybridized carbons (Fsp3) is 0.500. The Kier molecular flexibility index (Phi) is 10.2. The number of ketones is 2. The van der Waals surface area contributed by atoms with E-state index in [4.69, 9.17) is 0 Å². The van der Waals surface area contributed by atoms with Crippen LogP contribution in [-0.2, 0) is 20.0 Å². The zero-order chi connectivity index (χ0) is 38.8. The Morgan fingerprint density at radius 1 is 0.519 bits per heavy atom. The third-order valence-electron chi connectivity index (χ3n) is 12.4. The molecule has 288 valence electrons. The van der Waals surface area contributed by atoms with Crippen molar-refractivity contribution in [3.8, 4) is 0 Å². The van der Waals surface area contributed by atoms with E-state index in [1.165, 1.54) is 0 Å². The summed E-state index contributed by atoms with van der Waals surface area (Å²) in [5.74, 6) is -1.13. The second-order valence-electron chi connectivity index (χ2n) is 17.0. The molecule has 54 heavy (non-hydrogen) atoms. The van der Waals surface area contributed by atoms with Crippen LogP contribution in [0.4, 0.5) is 0 Å². The van der Waals surface area contributed by atoms with Crippen molar-refractivity contribution in [2.24, 2.45) is 0 Å². The van der Waals surface area contributed by atoms with Gasteiger partial charge in [0.15, 0.2) is 11.6 Å². The standard InChI is InChI=1S/C44H54N2O6S2/c1-27-23-43(5,45-53(49,50)31-15-9-7-10-16-31)24-28(2)37(27)35-21-22-36(40-39(35)41(47)33-19-13-14-20-34(33)42(40)48)38-29(3)25-44(6,26-30(38)4)46-54(51,52)32-17-11-8-12-18-32/h13-14,19-26,31-32,37-38,45-46H,7-12,15-18H2,1-6H3. The van der Waals surface area contributed by atoms with Gasteiger partial charge >= 0.3 is 0 Å². The number of nitrogens with one attached hydrogen (secondary N) is 2. The van der Waals surface area contributed by atoms with Crippen LogP contribution < -0.4 is 9.44 Å². The van der Waals surface area contributed by atoms with E-state index in [-0.39, 0.29) is 23.4 Å². The third kappa shape index (κ3) is 7.08. The highest BCUT2D eigenvalue weighted by molar-refractivity contribution is 7.90. The molecule has 7 rings (SSSR count). The van der Waals surface area contributed by atoms with Crippen molar-refractivity contribution in [3.63, 3.8) is 0 Å². The number of fused-ring (bicyclic) bond motifs is 2. The Hall–Kier alpha value is -3.44. The first kappa shape index (κ1) is 38.8. The fourth-order valence-corrected chi connectivity index (χ4v) is 14.1. The number of rotatable bonds is 8. The van der Waals surface area contributed by atoms with Gasteiger partial charge in [0, 0.05) is 34.1 Å². The largest absolute Gasteiger partial charge is 0.289 e. The lowest BCUT2D eigenvalue weighted by atomic mass is 9.68. The molecule has 0 aliphatic heterocycles. The Morgan fingerprint density at radius 3 is 1.15 bits per heavy atom. The quantitative estimate of drug-likeness (QED) is 0.222. The maximum absolute atomic E-state index is 14.6. The predicted molar refractivity (Wildman–Crippen MR) is 215 cm³/mol. The molecule has 0 heterocycles. The first-order valence-corrected chi connectivity index (χ1v) is 22.7. The van der Waals surface area contributed by atoms with Crippen molar-refractivity contribution >= 4 is 31.6 Å². The average molecular weight is 771 g/mol. The predicted octanol–water partition coefficient (Wildman–Crippen LogP) is 8.46. The van der Waals surface area contributed by atoms with E-state index in [0.717, 1.165) is 60.8 Å². The van der Waals surface area contributed by atoms with Crippen LogP contribution in [0, 0.1) is 0 Å². The minimum absolute atomic E-state index is 0.215. The van der Waals surface area contributed by atoms with Gasteiger partial charge in [0.25, 0.3) is 0 Å². The van der Waals surface area contributed by atoms with Gasteiger partial charge < -0.3 is 0 Å². The van der Waals surface area contributed by atoms with Crippen LogP contribution in [0.2, 0.25) is 0 Å². The lowest BCUT2D eigenvalue weighted by Crippen LogP contribution is -2.49. The molecule has 2 N–H and O–H groups in total. The summed E-state index contributed by atoms with van der Waals surface area (Å²) >= 11 is 0. The van der Waals surface area contributed by atoms with Crippen LogP contribution in [-0.4, -0.2) is 50.0 Å². The van der Waals surface area contributed by atoms with Gasteiger partial charge in [0.1, 0.15) is 0 Å². The van der Waals surface area contributed by atoms with Gasteiger partial charge in [-0.1, -0.05) is 122 Å². The van der Waals surface area contributed by atoms with Crippen molar-refractivity contribution in [3.05, 3.63) is 116 Å². The van der Waals surface area contributed by atoms with Crippen LogP contribution in [0.3, 0.4) is 0 Å². The number of allylic oxidation sites excluding steroid dienone is 4. The summed E-state index contributed by atoms with van der Waals surface area (Å²) in [6.45, 7) is 11.6. The van der Waals surface area contributed by atoms with E-state index < -0.39 is 41.6 Å². The molecule has 2 aromatic carbocycles. The van der Waals surface area contributed by atoms with E-state index in [9.17, 15) is 26.4 Å². The van der Waals surface area contributed by atoms with E-state index >= 15 is 0 Å². The summed E-state index contributed by atoms with van der Waals surface area (Å²) in [5, 5.41) is -0.813. The zero-order valence-electron chi connectivity index (χ0n) is 32.4.